The normalized spacial score (nSPS) is 16.4. The summed E-state index contributed by atoms with van der Waals surface area (Å²) in [5.41, 5.74) is 4.08. The summed E-state index contributed by atoms with van der Waals surface area (Å²) in [6.45, 7) is 10.5. The lowest BCUT2D eigenvalue weighted by Gasteiger charge is -2.33. The minimum absolute atomic E-state index is 0.119. The Labute approximate surface area is 150 Å². The molecule has 1 aromatic heterocycles. The molecule has 2 heterocycles. The van der Waals surface area contributed by atoms with Gasteiger partial charge in [-0.25, -0.2) is 4.98 Å². The molecular weight excluding hydrogens is 312 g/mol. The van der Waals surface area contributed by atoms with Crippen LogP contribution in [0.2, 0.25) is 0 Å². The van der Waals surface area contributed by atoms with Crippen molar-refractivity contribution in [3.8, 4) is 5.69 Å². The summed E-state index contributed by atoms with van der Waals surface area (Å²) in [7, 11) is 0. The molecule has 0 aliphatic carbocycles. The molecule has 1 amide bonds. The first-order valence-corrected chi connectivity index (χ1v) is 9.11. The first-order valence-electron chi connectivity index (χ1n) is 9.11. The van der Waals surface area contributed by atoms with Crippen molar-refractivity contribution in [1.82, 2.24) is 14.5 Å². The lowest BCUT2D eigenvalue weighted by atomic mass is 9.95. The van der Waals surface area contributed by atoms with Crippen molar-refractivity contribution in [3.05, 3.63) is 42.0 Å². The van der Waals surface area contributed by atoms with Gasteiger partial charge in [0.05, 0.1) is 12.0 Å². The summed E-state index contributed by atoms with van der Waals surface area (Å²) in [5.74, 6) is 0.263. The number of carbonyl (C=O) groups excluding carboxylic acids is 1. The Morgan fingerprint density at radius 3 is 2.32 bits per heavy atom. The Balaban J connectivity index is 1.60. The first kappa shape index (κ1) is 17.7. The van der Waals surface area contributed by atoms with Gasteiger partial charge in [-0.2, -0.15) is 0 Å². The molecule has 0 spiro atoms. The van der Waals surface area contributed by atoms with Crippen molar-refractivity contribution in [2.24, 2.45) is 5.92 Å². The Kier molecular flexibility index (Phi) is 5.23. The maximum absolute atomic E-state index is 12.5. The van der Waals surface area contributed by atoms with Gasteiger partial charge in [0, 0.05) is 29.0 Å². The van der Waals surface area contributed by atoms with Gasteiger partial charge >= 0.3 is 0 Å². The number of carbonyl (C=O) groups is 1. The van der Waals surface area contributed by atoms with Crippen LogP contribution in [-0.2, 0) is 4.79 Å². The van der Waals surface area contributed by atoms with E-state index in [0.717, 1.165) is 48.7 Å². The molecular formula is C20H28N4O. The number of aryl methyl sites for hydroxylation is 1. The zero-order valence-electron chi connectivity index (χ0n) is 15.6. The predicted octanol–water partition coefficient (Wildman–Crippen LogP) is 3.55. The molecule has 3 rings (SSSR count). The van der Waals surface area contributed by atoms with Gasteiger partial charge in [-0.1, -0.05) is 0 Å². The van der Waals surface area contributed by atoms with Crippen LogP contribution in [0.25, 0.3) is 5.69 Å². The standard InChI is InChI=1S/C20H28N4O/c1-14(2)23-11-9-17(10-12-23)20(25)22-18-5-7-19(8-6-18)24-13-21-15(3)16(24)4/h5-8,13-14,17H,9-12H2,1-4H3,(H,22,25). The molecule has 0 bridgehead atoms. The fraction of sp³-hybridized carbons (Fsp3) is 0.500. The number of hydrogen-bond acceptors (Lipinski definition) is 3. The zero-order valence-corrected chi connectivity index (χ0v) is 15.6. The van der Waals surface area contributed by atoms with Crippen LogP contribution < -0.4 is 5.32 Å². The van der Waals surface area contributed by atoms with Gasteiger partial charge in [-0.15, -0.1) is 0 Å². The van der Waals surface area contributed by atoms with Crippen LogP contribution in [0.1, 0.15) is 38.1 Å². The quantitative estimate of drug-likeness (QED) is 0.926. The van der Waals surface area contributed by atoms with Crippen LogP contribution in [0.4, 0.5) is 5.69 Å². The van der Waals surface area contributed by atoms with Crippen LogP contribution in [0.3, 0.4) is 0 Å². The van der Waals surface area contributed by atoms with Gasteiger partial charge in [0.15, 0.2) is 0 Å². The van der Waals surface area contributed by atoms with E-state index in [9.17, 15) is 4.79 Å². The number of anilines is 1. The molecule has 1 aliphatic heterocycles. The van der Waals surface area contributed by atoms with E-state index in [1.165, 1.54) is 0 Å². The van der Waals surface area contributed by atoms with Crippen molar-refractivity contribution in [3.63, 3.8) is 0 Å². The molecule has 134 valence electrons. The molecule has 1 saturated heterocycles. The minimum Gasteiger partial charge on any atom is -0.326 e. The third kappa shape index (κ3) is 3.93. The summed E-state index contributed by atoms with van der Waals surface area (Å²) < 4.78 is 2.06. The van der Waals surface area contributed by atoms with E-state index in [1.54, 1.807) is 0 Å². The van der Waals surface area contributed by atoms with Crippen molar-refractivity contribution in [2.45, 2.75) is 46.6 Å². The van der Waals surface area contributed by atoms with Gasteiger partial charge in [0.2, 0.25) is 5.91 Å². The van der Waals surface area contributed by atoms with E-state index in [1.807, 2.05) is 37.5 Å². The topological polar surface area (TPSA) is 50.2 Å². The third-order valence-electron chi connectivity index (χ3n) is 5.30. The number of benzene rings is 1. The number of hydrogen-bond donors (Lipinski definition) is 1. The van der Waals surface area contributed by atoms with Crippen LogP contribution >= 0.6 is 0 Å². The molecule has 5 nitrogen and oxygen atoms in total. The SMILES string of the molecule is Cc1ncn(-c2ccc(NC(=O)C3CCN(C(C)C)CC3)cc2)c1C. The molecule has 0 atom stereocenters. The first-order chi connectivity index (χ1) is 12.0. The molecule has 2 aromatic rings. The van der Waals surface area contributed by atoms with Crippen LogP contribution in [-0.4, -0.2) is 39.5 Å². The van der Waals surface area contributed by atoms with Gasteiger partial charge in [0.25, 0.3) is 0 Å². The maximum atomic E-state index is 12.5. The highest BCUT2D eigenvalue weighted by molar-refractivity contribution is 5.92. The van der Waals surface area contributed by atoms with E-state index in [-0.39, 0.29) is 11.8 Å². The third-order valence-corrected chi connectivity index (χ3v) is 5.30. The predicted molar refractivity (Wildman–Crippen MR) is 101 cm³/mol. The van der Waals surface area contributed by atoms with Crippen LogP contribution in [0.5, 0.6) is 0 Å². The van der Waals surface area contributed by atoms with Crippen molar-refractivity contribution >= 4 is 11.6 Å². The van der Waals surface area contributed by atoms with E-state index < -0.39 is 0 Å². The summed E-state index contributed by atoms with van der Waals surface area (Å²) in [5, 5.41) is 3.07. The molecule has 5 heteroatoms. The molecule has 0 unspecified atom stereocenters. The highest BCUT2D eigenvalue weighted by atomic mass is 16.1. The molecule has 1 fully saturated rings. The van der Waals surface area contributed by atoms with E-state index in [0.29, 0.717) is 6.04 Å². The van der Waals surface area contributed by atoms with Gasteiger partial charge in [-0.3, -0.25) is 4.79 Å². The lowest BCUT2D eigenvalue weighted by molar-refractivity contribution is -0.121. The molecule has 0 radical (unpaired) electrons. The number of aromatic nitrogens is 2. The highest BCUT2D eigenvalue weighted by Gasteiger charge is 2.25. The van der Waals surface area contributed by atoms with Gasteiger partial charge in [0.1, 0.15) is 0 Å². The minimum atomic E-state index is 0.119. The molecule has 25 heavy (non-hydrogen) atoms. The van der Waals surface area contributed by atoms with Crippen LogP contribution in [0, 0.1) is 19.8 Å². The van der Waals surface area contributed by atoms with E-state index in [4.69, 9.17) is 0 Å². The van der Waals surface area contributed by atoms with Crippen LogP contribution in [0.15, 0.2) is 30.6 Å². The Morgan fingerprint density at radius 1 is 1.16 bits per heavy atom. The summed E-state index contributed by atoms with van der Waals surface area (Å²) in [6.07, 6.45) is 3.71. The fourth-order valence-electron chi connectivity index (χ4n) is 3.39. The number of likely N-dealkylation sites (tertiary alicyclic amines) is 1. The summed E-state index contributed by atoms with van der Waals surface area (Å²) >= 11 is 0. The largest absolute Gasteiger partial charge is 0.326 e. The number of nitrogens with one attached hydrogen (secondary N) is 1. The lowest BCUT2D eigenvalue weighted by Crippen LogP contribution is -2.41. The van der Waals surface area contributed by atoms with Crippen molar-refractivity contribution in [2.75, 3.05) is 18.4 Å². The van der Waals surface area contributed by atoms with E-state index in [2.05, 4.69) is 40.5 Å². The van der Waals surface area contributed by atoms with E-state index >= 15 is 0 Å². The highest BCUT2D eigenvalue weighted by Crippen LogP contribution is 2.22. The molecule has 1 aromatic carbocycles. The zero-order chi connectivity index (χ0) is 18.0. The van der Waals surface area contributed by atoms with Crippen molar-refractivity contribution < 1.29 is 4.79 Å². The molecule has 0 saturated carbocycles. The Morgan fingerprint density at radius 2 is 1.80 bits per heavy atom. The second-order valence-corrected chi connectivity index (χ2v) is 7.23. The average Bonchev–Trinajstić information content (AvgIpc) is 2.95. The number of nitrogens with zero attached hydrogens (tertiary/aromatic N) is 3. The smallest absolute Gasteiger partial charge is 0.227 e. The number of amides is 1. The number of rotatable bonds is 4. The monoisotopic (exact) mass is 340 g/mol. The van der Waals surface area contributed by atoms with Gasteiger partial charge < -0.3 is 14.8 Å². The summed E-state index contributed by atoms with van der Waals surface area (Å²) in [6, 6.07) is 8.53. The number of piperidine rings is 1. The second kappa shape index (κ2) is 7.40. The molecule has 1 aliphatic rings. The Hall–Kier alpha value is -2.14. The number of imidazole rings is 1. The average molecular weight is 340 g/mol. The fourth-order valence-corrected chi connectivity index (χ4v) is 3.39. The Bertz CT molecular complexity index is 725. The van der Waals surface area contributed by atoms with Crippen molar-refractivity contribution in [1.29, 1.82) is 0 Å². The van der Waals surface area contributed by atoms with Gasteiger partial charge in [-0.05, 0) is 77.9 Å². The second-order valence-electron chi connectivity index (χ2n) is 7.23. The maximum Gasteiger partial charge on any atom is 0.227 e. The molecule has 1 N–H and O–H groups in total. The summed E-state index contributed by atoms with van der Waals surface area (Å²) in [4.78, 5) is 19.3.